The Balaban J connectivity index is 2.53. The second-order valence-electron chi connectivity index (χ2n) is 4.67. The number of rotatable bonds is 5. The second-order valence-corrected chi connectivity index (χ2v) is 4.67. The molecule has 0 spiro atoms. The minimum Gasteiger partial charge on any atom is -0.350 e. The van der Waals surface area contributed by atoms with Crippen LogP contribution in [0.2, 0.25) is 0 Å². The molecule has 0 saturated heterocycles. The molecule has 6 heteroatoms. The summed E-state index contributed by atoms with van der Waals surface area (Å²) in [7, 11) is 0. The summed E-state index contributed by atoms with van der Waals surface area (Å²) in [5, 5.41) is 1.97. The monoisotopic (exact) mass is 255 g/mol. The molecular weight excluding hydrogens is 238 g/mol. The predicted molar refractivity (Wildman–Crippen MR) is 55.2 cm³/mol. The molecule has 1 saturated carbocycles. The Morgan fingerprint density at radius 2 is 1.88 bits per heavy atom. The average Bonchev–Trinajstić information content (AvgIpc) is 2.75. The van der Waals surface area contributed by atoms with Crippen molar-refractivity contribution < 1.29 is 22.4 Å². The lowest BCUT2D eigenvalue weighted by Crippen LogP contribution is -2.48. The number of hydrogen-bond donors (Lipinski definition) is 1. The van der Waals surface area contributed by atoms with Crippen molar-refractivity contribution in [3.63, 3.8) is 0 Å². The molecule has 1 amide bonds. The van der Waals surface area contributed by atoms with Crippen LogP contribution in [0.5, 0.6) is 0 Å². The first kappa shape index (κ1) is 14.3. The Morgan fingerprint density at radius 3 is 2.29 bits per heavy atom. The van der Waals surface area contributed by atoms with Crippen LogP contribution in [0.15, 0.2) is 0 Å². The third kappa shape index (κ3) is 3.10. The fourth-order valence-electron chi connectivity index (χ4n) is 2.27. The maximum absolute atomic E-state index is 12.7. The first-order valence-electron chi connectivity index (χ1n) is 5.78. The van der Waals surface area contributed by atoms with Crippen LogP contribution in [0.4, 0.5) is 17.6 Å². The molecule has 0 aromatic rings. The van der Waals surface area contributed by atoms with E-state index >= 15 is 0 Å². The van der Waals surface area contributed by atoms with Crippen molar-refractivity contribution in [3.8, 4) is 0 Å². The van der Waals surface area contributed by atoms with Gasteiger partial charge in [-0.1, -0.05) is 19.8 Å². The van der Waals surface area contributed by atoms with Crippen molar-refractivity contribution in [2.75, 3.05) is 6.54 Å². The van der Waals surface area contributed by atoms with E-state index in [1.165, 1.54) is 0 Å². The van der Waals surface area contributed by atoms with Gasteiger partial charge in [0.2, 0.25) is 0 Å². The van der Waals surface area contributed by atoms with Crippen LogP contribution in [0.25, 0.3) is 0 Å². The Morgan fingerprint density at radius 1 is 1.35 bits per heavy atom. The van der Waals surface area contributed by atoms with E-state index in [0.717, 1.165) is 32.1 Å². The zero-order valence-electron chi connectivity index (χ0n) is 9.74. The SMILES string of the molecule is CCC1(CNC(=O)C(F)(F)C(F)F)CCCC1. The van der Waals surface area contributed by atoms with Crippen molar-refractivity contribution >= 4 is 5.91 Å². The summed E-state index contributed by atoms with van der Waals surface area (Å²) in [6, 6.07) is 0. The minimum absolute atomic E-state index is 0.0602. The molecular formula is C11H17F4NO. The molecule has 0 bridgehead atoms. The zero-order valence-corrected chi connectivity index (χ0v) is 9.74. The first-order valence-corrected chi connectivity index (χ1v) is 5.78. The van der Waals surface area contributed by atoms with E-state index in [1.54, 1.807) is 0 Å². The number of nitrogens with one attached hydrogen (secondary N) is 1. The van der Waals surface area contributed by atoms with Gasteiger partial charge >= 0.3 is 12.3 Å². The summed E-state index contributed by atoms with van der Waals surface area (Å²) in [5.74, 6) is -6.46. The van der Waals surface area contributed by atoms with Crippen molar-refractivity contribution in [3.05, 3.63) is 0 Å². The fraction of sp³-hybridized carbons (Fsp3) is 0.909. The summed E-state index contributed by atoms with van der Waals surface area (Å²) < 4.78 is 49.2. The Hall–Kier alpha value is -0.810. The second kappa shape index (κ2) is 5.23. The minimum atomic E-state index is -4.59. The van der Waals surface area contributed by atoms with Crippen molar-refractivity contribution in [1.29, 1.82) is 0 Å². The van der Waals surface area contributed by atoms with E-state index in [-0.39, 0.29) is 12.0 Å². The Labute approximate surface area is 97.8 Å². The number of carbonyl (C=O) groups is 1. The first-order chi connectivity index (χ1) is 7.84. The van der Waals surface area contributed by atoms with Crippen LogP contribution in [-0.4, -0.2) is 24.8 Å². The van der Waals surface area contributed by atoms with Gasteiger partial charge in [0.15, 0.2) is 0 Å². The summed E-state index contributed by atoms with van der Waals surface area (Å²) in [6.07, 6.45) is 0.495. The molecule has 1 aliphatic rings. The van der Waals surface area contributed by atoms with Crippen LogP contribution in [0.3, 0.4) is 0 Å². The highest BCUT2D eigenvalue weighted by atomic mass is 19.3. The highest BCUT2D eigenvalue weighted by Crippen LogP contribution is 2.40. The molecule has 0 unspecified atom stereocenters. The highest BCUT2D eigenvalue weighted by Gasteiger charge is 2.49. The van der Waals surface area contributed by atoms with E-state index in [1.807, 2.05) is 12.2 Å². The van der Waals surface area contributed by atoms with Crippen LogP contribution >= 0.6 is 0 Å². The predicted octanol–water partition coefficient (Wildman–Crippen LogP) is 2.97. The molecule has 1 rings (SSSR count). The van der Waals surface area contributed by atoms with Crippen LogP contribution in [-0.2, 0) is 4.79 Å². The van der Waals surface area contributed by atoms with Gasteiger partial charge in [-0.2, -0.15) is 8.78 Å². The van der Waals surface area contributed by atoms with Crippen LogP contribution < -0.4 is 5.32 Å². The van der Waals surface area contributed by atoms with E-state index in [4.69, 9.17) is 0 Å². The van der Waals surface area contributed by atoms with Gasteiger partial charge in [-0.3, -0.25) is 4.79 Å². The average molecular weight is 255 g/mol. The smallest absolute Gasteiger partial charge is 0.350 e. The van der Waals surface area contributed by atoms with Crippen molar-refractivity contribution in [2.45, 2.75) is 51.4 Å². The number of hydrogen-bond acceptors (Lipinski definition) is 1. The molecule has 100 valence electrons. The summed E-state index contributed by atoms with van der Waals surface area (Å²) in [5.41, 5.74) is -0.187. The molecule has 1 N–H and O–H groups in total. The molecule has 2 nitrogen and oxygen atoms in total. The fourth-order valence-corrected chi connectivity index (χ4v) is 2.27. The van der Waals surface area contributed by atoms with Crippen molar-refractivity contribution in [1.82, 2.24) is 5.32 Å². The van der Waals surface area contributed by atoms with Gasteiger partial charge < -0.3 is 5.32 Å². The highest BCUT2D eigenvalue weighted by molar-refractivity contribution is 5.83. The Bertz CT molecular complexity index is 275. The summed E-state index contributed by atoms with van der Waals surface area (Å²) in [4.78, 5) is 11.0. The molecule has 1 fully saturated rings. The van der Waals surface area contributed by atoms with Gasteiger partial charge in [0, 0.05) is 6.54 Å². The van der Waals surface area contributed by atoms with Gasteiger partial charge in [-0.15, -0.1) is 0 Å². The van der Waals surface area contributed by atoms with E-state index in [0.29, 0.717) is 0 Å². The summed E-state index contributed by atoms with van der Waals surface area (Å²) >= 11 is 0. The Kier molecular flexibility index (Phi) is 4.38. The van der Waals surface area contributed by atoms with Gasteiger partial charge in [-0.25, -0.2) is 8.78 Å². The standard InChI is InChI=1S/C11H17F4NO/c1-2-10(5-3-4-6-10)7-16-9(17)11(14,15)8(12)13/h8H,2-7H2,1H3,(H,16,17). The van der Waals surface area contributed by atoms with E-state index in [9.17, 15) is 22.4 Å². The lowest BCUT2D eigenvalue weighted by molar-refractivity contribution is -0.169. The number of carbonyl (C=O) groups excluding carboxylic acids is 1. The maximum Gasteiger partial charge on any atom is 0.383 e. The summed E-state index contributed by atoms with van der Waals surface area (Å²) in [6.45, 7) is 1.98. The van der Waals surface area contributed by atoms with Gasteiger partial charge in [0.1, 0.15) is 0 Å². The molecule has 17 heavy (non-hydrogen) atoms. The quantitative estimate of drug-likeness (QED) is 0.752. The van der Waals surface area contributed by atoms with Gasteiger partial charge in [-0.05, 0) is 24.7 Å². The van der Waals surface area contributed by atoms with E-state index < -0.39 is 18.3 Å². The third-order valence-corrected chi connectivity index (χ3v) is 3.61. The number of alkyl halides is 4. The zero-order chi connectivity index (χ0) is 13.1. The lowest BCUT2D eigenvalue weighted by Gasteiger charge is -2.28. The normalized spacial score (nSPS) is 19.6. The topological polar surface area (TPSA) is 29.1 Å². The lowest BCUT2D eigenvalue weighted by atomic mass is 9.83. The van der Waals surface area contributed by atoms with Crippen LogP contribution in [0.1, 0.15) is 39.0 Å². The molecule has 0 heterocycles. The van der Waals surface area contributed by atoms with Gasteiger partial charge in [0.25, 0.3) is 5.91 Å². The molecule has 0 atom stereocenters. The molecule has 0 aliphatic heterocycles. The number of halogens is 4. The van der Waals surface area contributed by atoms with E-state index in [2.05, 4.69) is 0 Å². The number of amides is 1. The molecule has 1 aliphatic carbocycles. The largest absolute Gasteiger partial charge is 0.383 e. The van der Waals surface area contributed by atoms with Crippen molar-refractivity contribution in [2.24, 2.45) is 5.41 Å². The molecule has 0 aromatic carbocycles. The van der Waals surface area contributed by atoms with Crippen LogP contribution in [0, 0.1) is 5.41 Å². The molecule has 0 radical (unpaired) electrons. The third-order valence-electron chi connectivity index (χ3n) is 3.61. The van der Waals surface area contributed by atoms with Gasteiger partial charge in [0.05, 0.1) is 0 Å². The maximum atomic E-state index is 12.7. The molecule has 0 aromatic heterocycles.